The van der Waals surface area contributed by atoms with Crippen molar-refractivity contribution in [2.24, 2.45) is 0 Å². The van der Waals surface area contributed by atoms with Crippen LogP contribution >= 0.6 is 0 Å². The third-order valence-electron chi connectivity index (χ3n) is 6.01. The lowest BCUT2D eigenvalue weighted by Gasteiger charge is -2.38. The molecule has 2 N–H and O–H groups in total. The first-order valence-corrected chi connectivity index (χ1v) is 12.8. The summed E-state index contributed by atoms with van der Waals surface area (Å²) >= 11 is 0. The molecule has 0 saturated carbocycles. The van der Waals surface area contributed by atoms with Crippen LogP contribution < -0.4 is 10.0 Å². The Morgan fingerprint density at radius 1 is 0.939 bits per heavy atom. The average molecular weight is 468 g/mol. The molecular formula is C26H30FN3O2S. The van der Waals surface area contributed by atoms with Crippen LogP contribution in [0.2, 0.25) is 0 Å². The summed E-state index contributed by atoms with van der Waals surface area (Å²) in [4.78, 5) is 2.03. The molecule has 0 bridgehead atoms. The Bertz CT molecular complexity index is 1130. The highest BCUT2D eigenvalue weighted by molar-refractivity contribution is 7.89. The first-order chi connectivity index (χ1) is 16.0. The summed E-state index contributed by atoms with van der Waals surface area (Å²) < 4.78 is 43.3. The summed E-state index contributed by atoms with van der Waals surface area (Å²) in [6.07, 6.45) is 1.41. The number of hydrogen-bond donors (Lipinski definition) is 2. The van der Waals surface area contributed by atoms with Crippen molar-refractivity contribution in [1.82, 2.24) is 14.9 Å². The van der Waals surface area contributed by atoms with Gasteiger partial charge in [0, 0.05) is 38.3 Å². The minimum Gasteiger partial charge on any atom is -0.314 e. The molecule has 7 heteroatoms. The van der Waals surface area contributed by atoms with E-state index in [1.807, 2.05) is 48.5 Å². The maximum absolute atomic E-state index is 14.3. The number of piperazine rings is 1. The van der Waals surface area contributed by atoms with E-state index in [9.17, 15) is 12.8 Å². The van der Waals surface area contributed by atoms with Gasteiger partial charge in [-0.1, -0.05) is 72.8 Å². The standard InChI is InChI=1S/C26H30FN3O2S/c27-25-13-7-8-14-26(25)33(31,32)29-23(17-21-9-3-1-4-10-21)20-30-16-15-28-19-24(30)18-22-11-5-2-6-12-22/h1-14,23-24,28-29H,15-20H2/t23-,24-/m0/s1. The lowest BCUT2D eigenvalue weighted by Crippen LogP contribution is -2.56. The number of rotatable bonds is 9. The summed E-state index contributed by atoms with van der Waals surface area (Å²) in [7, 11) is -4.00. The van der Waals surface area contributed by atoms with E-state index in [-0.39, 0.29) is 10.9 Å². The second kappa shape index (κ2) is 11.0. The lowest BCUT2D eigenvalue weighted by atomic mass is 10.0. The summed E-state index contributed by atoms with van der Waals surface area (Å²) in [5.74, 6) is -0.743. The van der Waals surface area contributed by atoms with Gasteiger partial charge in [0.2, 0.25) is 10.0 Å². The molecule has 1 saturated heterocycles. The highest BCUT2D eigenvalue weighted by Crippen LogP contribution is 2.17. The van der Waals surface area contributed by atoms with Gasteiger partial charge in [0.05, 0.1) is 0 Å². The third kappa shape index (κ3) is 6.48. The zero-order chi connectivity index (χ0) is 23.1. The molecule has 0 aliphatic carbocycles. The number of hydrogen-bond acceptors (Lipinski definition) is 4. The largest absolute Gasteiger partial charge is 0.314 e. The van der Waals surface area contributed by atoms with Gasteiger partial charge >= 0.3 is 0 Å². The van der Waals surface area contributed by atoms with Crippen LogP contribution in [-0.2, 0) is 22.9 Å². The normalized spacial score (nSPS) is 18.2. The van der Waals surface area contributed by atoms with Gasteiger partial charge in [0.25, 0.3) is 0 Å². The van der Waals surface area contributed by atoms with Crippen LogP contribution in [0.4, 0.5) is 4.39 Å². The maximum Gasteiger partial charge on any atom is 0.243 e. The topological polar surface area (TPSA) is 61.4 Å². The second-order valence-electron chi connectivity index (χ2n) is 8.48. The molecule has 3 aromatic carbocycles. The number of nitrogens with zero attached hydrogens (tertiary/aromatic N) is 1. The zero-order valence-corrected chi connectivity index (χ0v) is 19.3. The molecule has 1 aliphatic heterocycles. The molecule has 5 nitrogen and oxygen atoms in total. The van der Waals surface area contributed by atoms with Crippen molar-refractivity contribution in [3.63, 3.8) is 0 Å². The van der Waals surface area contributed by atoms with Crippen molar-refractivity contribution in [2.45, 2.75) is 29.8 Å². The Morgan fingerprint density at radius 2 is 1.58 bits per heavy atom. The highest BCUT2D eigenvalue weighted by atomic mass is 32.2. The molecule has 174 valence electrons. The van der Waals surface area contributed by atoms with Crippen LogP contribution in [0.1, 0.15) is 11.1 Å². The van der Waals surface area contributed by atoms with Gasteiger partial charge in [0.15, 0.2) is 0 Å². The minimum absolute atomic E-state index is 0.248. The third-order valence-corrected chi connectivity index (χ3v) is 7.57. The summed E-state index contributed by atoms with van der Waals surface area (Å²) in [5, 5.41) is 3.46. The van der Waals surface area contributed by atoms with Gasteiger partial charge in [-0.25, -0.2) is 17.5 Å². The van der Waals surface area contributed by atoms with Gasteiger partial charge in [-0.2, -0.15) is 0 Å². The molecule has 1 fully saturated rings. The zero-order valence-electron chi connectivity index (χ0n) is 18.5. The Labute approximate surface area is 195 Å². The van der Waals surface area contributed by atoms with Gasteiger partial charge in [-0.15, -0.1) is 0 Å². The van der Waals surface area contributed by atoms with Crippen LogP contribution in [0.15, 0.2) is 89.8 Å². The minimum atomic E-state index is -4.00. The van der Waals surface area contributed by atoms with E-state index >= 15 is 0 Å². The molecule has 33 heavy (non-hydrogen) atoms. The molecule has 0 radical (unpaired) electrons. The summed E-state index contributed by atoms with van der Waals surface area (Å²) in [6.45, 7) is 3.06. The molecule has 2 atom stereocenters. The smallest absolute Gasteiger partial charge is 0.243 e. The quantitative estimate of drug-likeness (QED) is 0.507. The summed E-state index contributed by atoms with van der Waals surface area (Å²) in [6, 6.07) is 25.5. The van der Waals surface area contributed by atoms with Crippen molar-refractivity contribution in [1.29, 1.82) is 0 Å². The molecule has 0 spiro atoms. The monoisotopic (exact) mass is 467 g/mol. The van der Waals surface area contributed by atoms with Crippen LogP contribution in [0.5, 0.6) is 0 Å². The van der Waals surface area contributed by atoms with Crippen molar-refractivity contribution >= 4 is 10.0 Å². The molecule has 1 heterocycles. The molecule has 0 unspecified atom stereocenters. The molecule has 4 rings (SSSR count). The number of benzene rings is 3. The van der Waals surface area contributed by atoms with Crippen molar-refractivity contribution in [3.05, 3.63) is 102 Å². The maximum atomic E-state index is 14.3. The van der Waals surface area contributed by atoms with E-state index in [1.54, 1.807) is 0 Å². The van der Waals surface area contributed by atoms with Gasteiger partial charge < -0.3 is 5.32 Å². The van der Waals surface area contributed by atoms with Crippen molar-refractivity contribution in [2.75, 3.05) is 26.2 Å². The van der Waals surface area contributed by atoms with Crippen LogP contribution in [0.3, 0.4) is 0 Å². The lowest BCUT2D eigenvalue weighted by molar-refractivity contribution is 0.148. The second-order valence-corrected chi connectivity index (χ2v) is 10.2. The number of halogens is 1. The SMILES string of the molecule is O=S(=O)(N[C@@H](Cc1ccccc1)CN1CCNC[C@@H]1Cc1ccccc1)c1ccccc1F. The Balaban J connectivity index is 1.55. The van der Waals surface area contributed by atoms with Crippen molar-refractivity contribution < 1.29 is 12.8 Å². The van der Waals surface area contributed by atoms with Gasteiger partial charge in [-0.3, -0.25) is 4.90 Å². The van der Waals surface area contributed by atoms with Gasteiger partial charge in [0.1, 0.15) is 10.7 Å². The highest BCUT2D eigenvalue weighted by Gasteiger charge is 2.29. The van der Waals surface area contributed by atoms with E-state index in [4.69, 9.17) is 0 Å². The fourth-order valence-electron chi connectivity index (χ4n) is 4.40. The van der Waals surface area contributed by atoms with E-state index < -0.39 is 21.9 Å². The van der Waals surface area contributed by atoms with Crippen LogP contribution in [0.25, 0.3) is 0 Å². The molecule has 3 aromatic rings. The number of nitrogens with one attached hydrogen (secondary N) is 2. The summed E-state index contributed by atoms with van der Waals surface area (Å²) in [5.41, 5.74) is 2.29. The molecule has 1 aliphatic rings. The Morgan fingerprint density at radius 3 is 2.27 bits per heavy atom. The van der Waals surface area contributed by atoms with Gasteiger partial charge in [-0.05, 0) is 36.1 Å². The number of sulfonamides is 1. The molecule has 0 aromatic heterocycles. The molecule has 0 amide bonds. The Kier molecular flexibility index (Phi) is 7.88. The van der Waals surface area contributed by atoms with E-state index in [2.05, 4.69) is 27.1 Å². The predicted octanol–water partition coefficient (Wildman–Crippen LogP) is 3.23. The van der Waals surface area contributed by atoms with E-state index in [0.717, 1.165) is 31.6 Å². The van der Waals surface area contributed by atoms with Crippen molar-refractivity contribution in [3.8, 4) is 0 Å². The van der Waals surface area contributed by atoms with Crippen LogP contribution in [-0.4, -0.2) is 51.6 Å². The van der Waals surface area contributed by atoms with E-state index in [0.29, 0.717) is 13.0 Å². The predicted molar refractivity (Wildman–Crippen MR) is 129 cm³/mol. The van der Waals surface area contributed by atoms with Crippen LogP contribution in [0, 0.1) is 5.82 Å². The fourth-order valence-corrected chi connectivity index (χ4v) is 5.71. The Hall–Kier alpha value is -2.58. The molecular weight excluding hydrogens is 437 g/mol. The first-order valence-electron chi connectivity index (χ1n) is 11.3. The first kappa shape index (κ1) is 23.6. The average Bonchev–Trinajstić information content (AvgIpc) is 2.81. The van der Waals surface area contributed by atoms with E-state index in [1.165, 1.54) is 29.8 Å². The fraction of sp³-hybridized carbons (Fsp3) is 0.308.